The van der Waals surface area contributed by atoms with Crippen LogP contribution >= 0.6 is 0 Å². The van der Waals surface area contributed by atoms with Crippen LogP contribution in [0.25, 0.3) is 17.0 Å². The number of methoxy groups -OCH3 is 1. The van der Waals surface area contributed by atoms with E-state index in [4.69, 9.17) is 10.00 Å². The van der Waals surface area contributed by atoms with Gasteiger partial charge in [-0.3, -0.25) is 0 Å². The fraction of sp³-hybridized carbons (Fsp3) is 0.0714. The van der Waals surface area contributed by atoms with E-state index in [1.54, 1.807) is 19.2 Å². The molecular formula is C14H10N4O. The van der Waals surface area contributed by atoms with Crippen molar-refractivity contribution in [3.8, 4) is 23.2 Å². The first-order valence-electron chi connectivity index (χ1n) is 5.72. The van der Waals surface area contributed by atoms with E-state index in [-0.39, 0.29) is 0 Å². The van der Waals surface area contributed by atoms with E-state index in [0.717, 1.165) is 11.3 Å². The van der Waals surface area contributed by atoms with Crippen molar-refractivity contribution in [3.63, 3.8) is 0 Å². The Morgan fingerprint density at radius 2 is 2.05 bits per heavy atom. The molecule has 0 aliphatic heterocycles. The van der Waals surface area contributed by atoms with Crippen LogP contribution in [0.5, 0.6) is 5.75 Å². The van der Waals surface area contributed by atoms with E-state index in [1.165, 1.54) is 4.52 Å². The number of ether oxygens (including phenoxy) is 1. The number of fused-ring (bicyclic) bond motifs is 1. The molecule has 3 rings (SSSR count). The second kappa shape index (κ2) is 4.42. The summed E-state index contributed by atoms with van der Waals surface area (Å²) >= 11 is 0. The summed E-state index contributed by atoms with van der Waals surface area (Å²) < 4.78 is 6.72. The fourth-order valence-corrected chi connectivity index (χ4v) is 1.87. The van der Waals surface area contributed by atoms with E-state index in [0.29, 0.717) is 17.2 Å². The highest BCUT2D eigenvalue weighted by atomic mass is 16.5. The molecule has 2 aromatic heterocycles. The van der Waals surface area contributed by atoms with Gasteiger partial charge in [-0.2, -0.15) is 5.26 Å². The maximum Gasteiger partial charge on any atom is 0.182 e. The van der Waals surface area contributed by atoms with Crippen molar-refractivity contribution < 1.29 is 4.74 Å². The van der Waals surface area contributed by atoms with Crippen molar-refractivity contribution in [2.24, 2.45) is 0 Å². The summed E-state index contributed by atoms with van der Waals surface area (Å²) in [4.78, 5) is 4.41. The maximum absolute atomic E-state index is 9.04. The number of rotatable bonds is 2. The van der Waals surface area contributed by atoms with Crippen LogP contribution in [0.4, 0.5) is 0 Å². The van der Waals surface area contributed by atoms with Crippen LogP contribution in [0.3, 0.4) is 0 Å². The Morgan fingerprint density at radius 3 is 2.84 bits per heavy atom. The summed E-state index contributed by atoms with van der Waals surface area (Å²) in [5.74, 6) is 1.32. The zero-order valence-corrected chi connectivity index (χ0v) is 10.2. The zero-order chi connectivity index (χ0) is 13.2. The van der Waals surface area contributed by atoms with Crippen molar-refractivity contribution in [1.29, 1.82) is 5.26 Å². The quantitative estimate of drug-likeness (QED) is 0.700. The van der Waals surface area contributed by atoms with E-state index in [1.807, 2.05) is 30.3 Å². The monoisotopic (exact) mass is 250 g/mol. The molecule has 0 N–H and O–H groups in total. The molecule has 0 amide bonds. The summed E-state index contributed by atoms with van der Waals surface area (Å²) in [7, 11) is 1.62. The molecule has 0 aliphatic rings. The van der Waals surface area contributed by atoms with Gasteiger partial charge in [-0.15, -0.1) is 5.10 Å². The first-order valence-corrected chi connectivity index (χ1v) is 5.72. The van der Waals surface area contributed by atoms with Gasteiger partial charge in [0.2, 0.25) is 0 Å². The number of nitriles is 1. The standard InChI is InChI=1S/C14H10N4O/c1-19-12-6-2-4-10(8-12)14-16-13-7-3-5-11(9-15)18(13)17-14/h2-8H,1H3. The van der Waals surface area contributed by atoms with E-state index in [2.05, 4.69) is 16.2 Å². The Bertz CT molecular complexity index is 785. The normalized spacial score (nSPS) is 10.3. The second-order valence-electron chi connectivity index (χ2n) is 3.96. The van der Waals surface area contributed by atoms with Crippen molar-refractivity contribution in [2.75, 3.05) is 7.11 Å². The van der Waals surface area contributed by atoms with E-state index in [9.17, 15) is 0 Å². The van der Waals surface area contributed by atoms with E-state index >= 15 is 0 Å². The molecule has 0 radical (unpaired) electrons. The molecule has 0 bridgehead atoms. The largest absolute Gasteiger partial charge is 0.497 e. The number of hydrogen-bond acceptors (Lipinski definition) is 4. The smallest absolute Gasteiger partial charge is 0.182 e. The second-order valence-corrected chi connectivity index (χ2v) is 3.96. The Morgan fingerprint density at radius 1 is 1.21 bits per heavy atom. The molecule has 0 aliphatic carbocycles. The molecule has 5 nitrogen and oxygen atoms in total. The molecule has 92 valence electrons. The molecule has 0 spiro atoms. The van der Waals surface area contributed by atoms with Gasteiger partial charge in [0, 0.05) is 5.56 Å². The van der Waals surface area contributed by atoms with Crippen molar-refractivity contribution in [3.05, 3.63) is 48.2 Å². The van der Waals surface area contributed by atoms with Gasteiger partial charge < -0.3 is 4.74 Å². The SMILES string of the molecule is COc1cccc(-c2nc3cccc(C#N)n3n2)c1. The van der Waals surface area contributed by atoms with Crippen LogP contribution in [0.2, 0.25) is 0 Å². The third-order valence-electron chi connectivity index (χ3n) is 2.80. The van der Waals surface area contributed by atoms with Gasteiger partial charge in [0.15, 0.2) is 11.5 Å². The average Bonchev–Trinajstić information content (AvgIpc) is 2.91. The Hall–Kier alpha value is -2.87. The summed E-state index contributed by atoms with van der Waals surface area (Å²) in [6.45, 7) is 0. The Balaban J connectivity index is 2.18. The molecule has 0 saturated carbocycles. The predicted octanol–water partition coefficient (Wildman–Crippen LogP) is 2.28. The summed E-state index contributed by atoms with van der Waals surface area (Å²) in [5.41, 5.74) is 1.96. The lowest BCUT2D eigenvalue weighted by Crippen LogP contribution is -1.93. The third kappa shape index (κ3) is 1.89. The maximum atomic E-state index is 9.04. The van der Waals surface area contributed by atoms with Crippen LogP contribution in [0.1, 0.15) is 5.69 Å². The number of hydrogen-bond donors (Lipinski definition) is 0. The first-order chi connectivity index (χ1) is 9.31. The van der Waals surface area contributed by atoms with Gasteiger partial charge in [0.1, 0.15) is 17.5 Å². The van der Waals surface area contributed by atoms with Gasteiger partial charge >= 0.3 is 0 Å². The van der Waals surface area contributed by atoms with Gasteiger partial charge in [-0.1, -0.05) is 18.2 Å². The summed E-state index contributed by atoms with van der Waals surface area (Å²) in [6, 6.07) is 14.9. The molecule has 0 fully saturated rings. The topological polar surface area (TPSA) is 63.2 Å². The predicted molar refractivity (Wildman–Crippen MR) is 69.7 cm³/mol. The Labute approximate surface area is 109 Å². The summed E-state index contributed by atoms with van der Waals surface area (Å²) in [6.07, 6.45) is 0. The molecule has 0 atom stereocenters. The first kappa shape index (κ1) is 11.2. The molecule has 19 heavy (non-hydrogen) atoms. The fourth-order valence-electron chi connectivity index (χ4n) is 1.87. The molecule has 0 unspecified atom stereocenters. The molecular weight excluding hydrogens is 240 g/mol. The minimum absolute atomic E-state index is 0.458. The van der Waals surface area contributed by atoms with Crippen LogP contribution in [-0.2, 0) is 0 Å². The molecule has 2 heterocycles. The average molecular weight is 250 g/mol. The third-order valence-corrected chi connectivity index (χ3v) is 2.80. The lowest BCUT2D eigenvalue weighted by Gasteiger charge is -2.00. The van der Waals surface area contributed by atoms with Gasteiger partial charge in [0.25, 0.3) is 0 Å². The number of aromatic nitrogens is 3. The zero-order valence-electron chi connectivity index (χ0n) is 10.2. The van der Waals surface area contributed by atoms with Crippen molar-refractivity contribution >= 4 is 5.65 Å². The van der Waals surface area contributed by atoms with Crippen LogP contribution < -0.4 is 4.74 Å². The highest BCUT2D eigenvalue weighted by molar-refractivity contribution is 5.60. The van der Waals surface area contributed by atoms with Gasteiger partial charge in [-0.05, 0) is 24.3 Å². The van der Waals surface area contributed by atoms with Crippen LogP contribution in [0, 0.1) is 11.3 Å². The minimum Gasteiger partial charge on any atom is -0.497 e. The minimum atomic E-state index is 0.458. The molecule has 3 aromatic rings. The number of nitrogens with zero attached hydrogens (tertiary/aromatic N) is 4. The molecule has 0 saturated heterocycles. The van der Waals surface area contributed by atoms with Crippen molar-refractivity contribution in [1.82, 2.24) is 14.6 Å². The number of pyridine rings is 1. The summed E-state index contributed by atoms with van der Waals surface area (Å²) in [5, 5.41) is 13.4. The van der Waals surface area contributed by atoms with Crippen molar-refractivity contribution in [2.45, 2.75) is 0 Å². The Kier molecular flexibility index (Phi) is 2.62. The molecule has 1 aromatic carbocycles. The number of benzene rings is 1. The van der Waals surface area contributed by atoms with E-state index < -0.39 is 0 Å². The van der Waals surface area contributed by atoms with Gasteiger partial charge in [-0.25, -0.2) is 9.50 Å². The van der Waals surface area contributed by atoms with Crippen LogP contribution in [-0.4, -0.2) is 21.7 Å². The highest BCUT2D eigenvalue weighted by Crippen LogP contribution is 2.21. The van der Waals surface area contributed by atoms with Gasteiger partial charge in [0.05, 0.1) is 7.11 Å². The molecule has 5 heteroatoms. The van der Waals surface area contributed by atoms with Crippen LogP contribution in [0.15, 0.2) is 42.5 Å². The highest BCUT2D eigenvalue weighted by Gasteiger charge is 2.09. The lowest BCUT2D eigenvalue weighted by atomic mass is 10.2. The lowest BCUT2D eigenvalue weighted by molar-refractivity contribution is 0.415.